The van der Waals surface area contributed by atoms with Crippen LogP contribution in [0.15, 0.2) is 42.6 Å². The average molecular weight is 323 g/mol. The normalized spacial score (nSPS) is 25.0. The molecule has 3 unspecified atom stereocenters. The second kappa shape index (κ2) is 6.36. The Kier molecular flexibility index (Phi) is 4.07. The maximum Gasteiger partial charge on any atom is 0.219 e. The highest BCUT2D eigenvalue weighted by Crippen LogP contribution is 2.52. The monoisotopic (exact) mass is 323 g/mol. The van der Waals surface area contributed by atoms with Crippen LogP contribution in [0.2, 0.25) is 0 Å². The Morgan fingerprint density at radius 2 is 1.96 bits per heavy atom. The molecule has 3 atom stereocenters. The molecule has 0 radical (unpaired) electrons. The Bertz CT molecular complexity index is 724. The topological polar surface area (TPSA) is 59.4 Å². The number of nitrogens with zero attached hydrogens (tertiary/aromatic N) is 1. The largest absolute Gasteiger partial charge is 0.439 e. The van der Waals surface area contributed by atoms with E-state index in [1.54, 1.807) is 12.1 Å². The van der Waals surface area contributed by atoms with Crippen LogP contribution in [0.5, 0.6) is 11.6 Å². The lowest BCUT2D eigenvalue weighted by atomic mass is 9.83. The summed E-state index contributed by atoms with van der Waals surface area (Å²) in [6.45, 7) is -0.508. The SMILES string of the molecule is O=C(CO)c1ccc(Oc2ccc(C3CC4CCC3C4)cc2)nc1. The van der Waals surface area contributed by atoms with Gasteiger partial charge in [0, 0.05) is 17.8 Å². The summed E-state index contributed by atoms with van der Waals surface area (Å²) in [6.07, 6.45) is 6.98. The van der Waals surface area contributed by atoms with Crippen molar-refractivity contribution in [1.29, 1.82) is 0 Å². The summed E-state index contributed by atoms with van der Waals surface area (Å²) in [5.74, 6) is 3.39. The first-order valence-electron chi connectivity index (χ1n) is 8.61. The molecular weight excluding hydrogens is 302 g/mol. The van der Waals surface area contributed by atoms with Gasteiger partial charge < -0.3 is 9.84 Å². The van der Waals surface area contributed by atoms with E-state index in [4.69, 9.17) is 9.84 Å². The quantitative estimate of drug-likeness (QED) is 0.846. The highest BCUT2D eigenvalue weighted by atomic mass is 16.5. The van der Waals surface area contributed by atoms with E-state index in [1.165, 1.54) is 37.4 Å². The molecular formula is C20H21NO3. The fourth-order valence-electron chi connectivity index (χ4n) is 4.25. The fourth-order valence-corrected chi connectivity index (χ4v) is 4.25. The molecule has 0 saturated heterocycles. The third-order valence-corrected chi connectivity index (χ3v) is 5.47. The first-order chi connectivity index (χ1) is 11.7. The minimum Gasteiger partial charge on any atom is -0.439 e. The van der Waals surface area contributed by atoms with Crippen molar-refractivity contribution in [3.05, 3.63) is 53.7 Å². The molecule has 1 N–H and O–H groups in total. The van der Waals surface area contributed by atoms with Crippen LogP contribution in [0.1, 0.15) is 47.5 Å². The number of benzene rings is 1. The molecule has 0 amide bonds. The van der Waals surface area contributed by atoms with Gasteiger partial charge in [-0.2, -0.15) is 0 Å². The van der Waals surface area contributed by atoms with Gasteiger partial charge in [-0.15, -0.1) is 0 Å². The third kappa shape index (κ3) is 2.94. The molecule has 2 saturated carbocycles. The number of pyridine rings is 1. The standard InChI is InChI=1S/C20H21NO3/c22-12-19(23)16-5-8-20(21-11-16)24-17-6-3-14(4-7-17)18-10-13-1-2-15(18)9-13/h3-8,11,13,15,18,22H,1-2,9-10,12H2. The Hall–Kier alpha value is -2.20. The second-order valence-electron chi connectivity index (χ2n) is 6.92. The van der Waals surface area contributed by atoms with Crippen molar-refractivity contribution in [3.8, 4) is 11.6 Å². The van der Waals surface area contributed by atoms with E-state index in [2.05, 4.69) is 17.1 Å². The van der Waals surface area contributed by atoms with Crippen LogP contribution in [0, 0.1) is 11.8 Å². The first kappa shape index (κ1) is 15.3. The minimum atomic E-state index is -0.508. The van der Waals surface area contributed by atoms with Gasteiger partial charge in [-0.05, 0) is 60.8 Å². The lowest BCUT2D eigenvalue weighted by Crippen LogP contribution is -2.08. The minimum absolute atomic E-state index is 0.343. The van der Waals surface area contributed by atoms with Gasteiger partial charge in [-0.25, -0.2) is 4.98 Å². The number of Topliss-reactive ketones (excluding diaryl/α,β-unsaturated/α-hetero) is 1. The summed E-state index contributed by atoms with van der Waals surface area (Å²) >= 11 is 0. The van der Waals surface area contributed by atoms with E-state index in [1.807, 2.05) is 12.1 Å². The number of ketones is 1. The molecule has 2 bridgehead atoms. The smallest absolute Gasteiger partial charge is 0.219 e. The highest BCUT2D eigenvalue weighted by molar-refractivity contribution is 5.96. The van der Waals surface area contributed by atoms with E-state index in [0.29, 0.717) is 11.4 Å². The molecule has 4 rings (SSSR count). The van der Waals surface area contributed by atoms with Crippen LogP contribution in [0.4, 0.5) is 0 Å². The molecule has 1 heterocycles. The summed E-state index contributed by atoms with van der Waals surface area (Å²) in [7, 11) is 0. The summed E-state index contributed by atoms with van der Waals surface area (Å²) in [5, 5.41) is 8.84. The third-order valence-electron chi connectivity index (χ3n) is 5.47. The van der Waals surface area contributed by atoms with Gasteiger partial charge in [0.1, 0.15) is 12.4 Å². The number of aliphatic hydroxyl groups is 1. The van der Waals surface area contributed by atoms with Crippen molar-refractivity contribution in [2.24, 2.45) is 11.8 Å². The molecule has 24 heavy (non-hydrogen) atoms. The van der Waals surface area contributed by atoms with E-state index in [-0.39, 0.29) is 5.78 Å². The van der Waals surface area contributed by atoms with Crippen molar-refractivity contribution in [1.82, 2.24) is 4.98 Å². The summed E-state index contributed by atoms with van der Waals surface area (Å²) in [4.78, 5) is 15.5. The molecule has 4 heteroatoms. The number of fused-ring (bicyclic) bond motifs is 2. The van der Waals surface area contributed by atoms with Gasteiger partial charge in [-0.1, -0.05) is 18.6 Å². The van der Waals surface area contributed by atoms with Crippen molar-refractivity contribution >= 4 is 5.78 Å². The molecule has 2 aliphatic rings. The van der Waals surface area contributed by atoms with Gasteiger partial charge >= 0.3 is 0 Å². The maximum atomic E-state index is 11.4. The lowest BCUT2D eigenvalue weighted by Gasteiger charge is -2.22. The van der Waals surface area contributed by atoms with E-state index >= 15 is 0 Å². The summed E-state index contributed by atoms with van der Waals surface area (Å²) in [6, 6.07) is 11.6. The van der Waals surface area contributed by atoms with Gasteiger partial charge in [0.05, 0.1) is 0 Å². The van der Waals surface area contributed by atoms with Crippen molar-refractivity contribution < 1.29 is 14.6 Å². The number of aliphatic hydroxyl groups excluding tert-OH is 1. The molecule has 0 spiro atoms. The number of hydrogen-bond donors (Lipinski definition) is 1. The van der Waals surface area contributed by atoms with Gasteiger partial charge in [0.2, 0.25) is 5.88 Å². The summed E-state index contributed by atoms with van der Waals surface area (Å²) < 4.78 is 5.74. The van der Waals surface area contributed by atoms with Crippen LogP contribution in [-0.2, 0) is 0 Å². The first-order valence-corrected chi connectivity index (χ1v) is 8.61. The maximum absolute atomic E-state index is 11.4. The van der Waals surface area contributed by atoms with Crippen molar-refractivity contribution in [3.63, 3.8) is 0 Å². The molecule has 2 fully saturated rings. The van der Waals surface area contributed by atoms with Crippen LogP contribution in [0.3, 0.4) is 0 Å². The van der Waals surface area contributed by atoms with Crippen LogP contribution >= 0.6 is 0 Å². The number of ether oxygens (including phenoxy) is 1. The van der Waals surface area contributed by atoms with Crippen LogP contribution in [-0.4, -0.2) is 22.5 Å². The number of aromatic nitrogens is 1. The Morgan fingerprint density at radius 3 is 2.54 bits per heavy atom. The molecule has 1 aromatic heterocycles. The van der Waals surface area contributed by atoms with E-state index < -0.39 is 6.61 Å². The zero-order chi connectivity index (χ0) is 16.5. The Labute approximate surface area is 141 Å². The molecule has 0 aliphatic heterocycles. The van der Waals surface area contributed by atoms with Crippen molar-refractivity contribution in [2.45, 2.75) is 31.6 Å². The predicted molar refractivity (Wildman–Crippen MR) is 90.4 cm³/mol. The van der Waals surface area contributed by atoms with Crippen LogP contribution < -0.4 is 4.74 Å². The number of hydrogen-bond acceptors (Lipinski definition) is 4. The Balaban J connectivity index is 1.43. The van der Waals surface area contributed by atoms with E-state index in [0.717, 1.165) is 23.5 Å². The number of rotatable bonds is 5. The lowest BCUT2D eigenvalue weighted by molar-refractivity contribution is 0.0903. The van der Waals surface area contributed by atoms with Gasteiger partial charge in [0.25, 0.3) is 0 Å². The number of carbonyl (C=O) groups excluding carboxylic acids is 1. The zero-order valence-corrected chi connectivity index (χ0v) is 13.5. The Morgan fingerprint density at radius 1 is 1.12 bits per heavy atom. The van der Waals surface area contributed by atoms with Crippen molar-refractivity contribution in [2.75, 3.05) is 6.61 Å². The number of carbonyl (C=O) groups is 1. The second-order valence-corrected chi connectivity index (χ2v) is 6.92. The van der Waals surface area contributed by atoms with E-state index in [9.17, 15) is 4.79 Å². The molecule has 2 aromatic rings. The van der Waals surface area contributed by atoms with Gasteiger partial charge in [-0.3, -0.25) is 4.79 Å². The predicted octanol–water partition coefficient (Wildman–Crippen LogP) is 3.95. The highest BCUT2D eigenvalue weighted by Gasteiger charge is 2.39. The molecule has 4 nitrogen and oxygen atoms in total. The summed E-state index contributed by atoms with van der Waals surface area (Å²) in [5.41, 5.74) is 1.81. The molecule has 124 valence electrons. The molecule has 1 aromatic carbocycles. The van der Waals surface area contributed by atoms with Gasteiger partial charge in [0.15, 0.2) is 5.78 Å². The van der Waals surface area contributed by atoms with Crippen LogP contribution in [0.25, 0.3) is 0 Å². The fraction of sp³-hybridized carbons (Fsp3) is 0.400. The molecule has 2 aliphatic carbocycles. The average Bonchev–Trinajstić information content (AvgIpc) is 3.26. The zero-order valence-electron chi connectivity index (χ0n) is 13.5.